The Labute approximate surface area is 83.0 Å². The minimum absolute atomic E-state index is 0.0268. The SMILES string of the molecule is Cn1nnnc1C(F)(C(F)(F)F)C(F)(F)F. The van der Waals surface area contributed by atoms with E-state index in [1.165, 1.54) is 0 Å². The Morgan fingerprint density at radius 1 is 0.938 bits per heavy atom. The van der Waals surface area contributed by atoms with Gasteiger partial charge in [0, 0.05) is 7.05 Å². The first-order valence-corrected chi connectivity index (χ1v) is 3.57. The molecule has 0 amide bonds. The lowest BCUT2D eigenvalue weighted by Crippen LogP contribution is -2.52. The number of hydrogen-bond acceptors (Lipinski definition) is 3. The van der Waals surface area contributed by atoms with Gasteiger partial charge in [-0.25, -0.2) is 9.07 Å². The average Bonchev–Trinajstić information content (AvgIpc) is 2.46. The van der Waals surface area contributed by atoms with E-state index < -0.39 is 23.8 Å². The second kappa shape index (κ2) is 3.28. The number of nitrogens with zero attached hydrogens (tertiary/aromatic N) is 4. The predicted molar refractivity (Wildman–Crippen MR) is 33.7 cm³/mol. The summed E-state index contributed by atoms with van der Waals surface area (Å²) < 4.78 is 86.0. The van der Waals surface area contributed by atoms with Gasteiger partial charge >= 0.3 is 18.0 Å². The molecule has 0 aliphatic rings. The summed E-state index contributed by atoms with van der Waals surface area (Å²) in [6.07, 6.45) is -12.4. The van der Waals surface area contributed by atoms with Crippen LogP contribution in [-0.2, 0) is 12.7 Å². The number of tetrazole rings is 1. The molecule has 16 heavy (non-hydrogen) atoms. The van der Waals surface area contributed by atoms with Gasteiger partial charge in [0.05, 0.1) is 0 Å². The lowest BCUT2D eigenvalue weighted by atomic mass is 10.0. The Balaban J connectivity index is 3.45. The van der Waals surface area contributed by atoms with Crippen molar-refractivity contribution in [2.75, 3.05) is 0 Å². The Morgan fingerprint density at radius 2 is 1.38 bits per heavy atom. The third-order valence-electron chi connectivity index (χ3n) is 1.71. The maximum absolute atomic E-state index is 13.2. The minimum Gasteiger partial charge on any atom is -0.229 e. The summed E-state index contributed by atoms with van der Waals surface area (Å²) in [6.45, 7) is 0. The largest absolute Gasteiger partial charge is 0.439 e. The fraction of sp³-hybridized carbons (Fsp3) is 0.800. The maximum Gasteiger partial charge on any atom is 0.439 e. The van der Waals surface area contributed by atoms with Gasteiger partial charge in [0.1, 0.15) is 0 Å². The zero-order chi connectivity index (χ0) is 12.8. The molecule has 1 heterocycles. The monoisotopic (exact) mass is 252 g/mol. The molecule has 11 heteroatoms. The van der Waals surface area contributed by atoms with E-state index in [4.69, 9.17) is 0 Å². The van der Waals surface area contributed by atoms with Gasteiger partial charge in [0.2, 0.25) is 5.82 Å². The Kier molecular flexibility index (Phi) is 2.60. The molecule has 0 radical (unpaired) electrons. The van der Waals surface area contributed by atoms with Crippen molar-refractivity contribution in [3.63, 3.8) is 0 Å². The number of aromatic nitrogens is 4. The minimum atomic E-state index is -6.20. The van der Waals surface area contributed by atoms with Crippen LogP contribution in [0.1, 0.15) is 5.82 Å². The van der Waals surface area contributed by atoms with E-state index in [0.717, 1.165) is 0 Å². The maximum atomic E-state index is 13.2. The number of aryl methyl sites for hydroxylation is 1. The van der Waals surface area contributed by atoms with Crippen molar-refractivity contribution in [1.82, 2.24) is 20.2 Å². The van der Waals surface area contributed by atoms with Crippen molar-refractivity contribution in [2.24, 2.45) is 7.05 Å². The van der Waals surface area contributed by atoms with Crippen molar-refractivity contribution in [3.8, 4) is 0 Å². The molecule has 0 fully saturated rings. The molecule has 1 aromatic rings. The molecule has 4 nitrogen and oxygen atoms in total. The van der Waals surface area contributed by atoms with Gasteiger partial charge in [0.15, 0.2) is 0 Å². The van der Waals surface area contributed by atoms with Crippen LogP contribution in [0.4, 0.5) is 30.7 Å². The first kappa shape index (κ1) is 12.6. The van der Waals surface area contributed by atoms with Crippen molar-refractivity contribution < 1.29 is 30.7 Å². The van der Waals surface area contributed by atoms with Crippen LogP contribution in [-0.4, -0.2) is 32.6 Å². The summed E-state index contributed by atoms with van der Waals surface area (Å²) in [5, 5.41) is 7.67. The summed E-state index contributed by atoms with van der Waals surface area (Å²) in [5.41, 5.74) is -5.59. The zero-order valence-electron chi connectivity index (χ0n) is 7.43. The molecule has 0 aliphatic carbocycles. The van der Waals surface area contributed by atoms with Crippen LogP contribution >= 0.6 is 0 Å². The zero-order valence-corrected chi connectivity index (χ0v) is 7.43. The van der Waals surface area contributed by atoms with Crippen LogP contribution in [0.5, 0.6) is 0 Å². The molecule has 0 unspecified atom stereocenters. The molecule has 0 saturated heterocycles. The van der Waals surface area contributed by atoms with Crippen LogP contribution in [0.15, 0.2) is 0 Å². The van der Waals surface area contributed by atoms with Gasteiger partial charge in [-0.2, -0.15) is 26.3 Å². The van der Waals surface area contributed by atoms with Gasteiger partial charge in [0.25, 0.3) is 0 Å². The van der Waals surface area contributed by atoms with E-state index in [2.05, 4.69) is 15.5 Å². The summed E-state index contributed by atoms with van der Waals surface area (Å²) in [7, 11) is 0.668. The van der Waals surface area contributed by atoms with Crippen molar-refractivity contribution in [1.29, 1.82) is 0 Å². The molecule has 92 valence electrons. The molecule has 0 atom stereocenters. The van der Waals surface area contributed by atoms with Gasteiger partial charge < -0.3 is 0 Å². The van der Waals surface area contributed by atoms with Gasteiger partial charge in [-0.3, -0.25) is 0 Å². The predicted octanol–water partition coefficient (Wildman–Crippen LogP) is 1.50. The molecular weight excluding hydrogens is 249 g/mol. The van der Waals surface area contributed by atoms with Gasteiger partial charge in [-0.1, -0.05) is 0 Å². The second-order valence-corrected chi connectivity index (χ2v) is 2.78. The lowest BCUT2D eigenvalue weighted by molar-refractivity contribution is -0.352. The second-order valence-electron chi connectivity index (χ2n) is 2.78. The standard InChI is InChI=1S/C5H3F7N4/c1-16-2(13-14-15-16)3(6,4(7,8)9)5(10,11)12/h1H3. The smallest absolute Gasteiger partial charge is 0.229 e. The van der Waals surface area contributed by atoms with Gasteiger partial charge in [-0.15, -0.1) is 5.10 Å². The van der Waals surface area contributed by atoms with Crippen molar-refractivity contribution in [2.45, 2.75) is 18.0 Å². The molecule has 0 aliphatic heterocycles. The van der Waals surface area contributed by atoms with E-state index in [1.807, 2.05) is 0 Å². The number of alkyl halides is 7. The molecule has 0 bridgehead atoms. The van der Waals surface area contributed by atoms with Gasteiger partial charge in [-0.05, 0) is 10.4 Å². The van der Waals surface area contributed by atoms with E-state index in [0.29, 0.717) is 7.05 Å². The van der Waals surface area contributed by atoms with E-state index in [9.17, 15) is 30.7 Å². The molecule has 0 spiro atoms. The molecule has 1 rings (SSSR count). The van der Waals surface area contributed by atoms with Crippen molar-refractivity contribution >= 4 is 0 Å². The first-order chi connectivity index (χ1) is 7.02. The lowest BCUT2D eigenvalue weighted by Gasteiger charge is -2.27. The van der Waals surface area contributed by atoms with Crippen LogP contribution in [0.25, 0.3) is 0 Å². The molecular formula is C5H3F7N4. The van der Waals surface area contributed by atoms with Crippen LogP contribution in [0, 0.1) is 0 Å². The summed E-state index contributed by atoms with van der Waals surface area (Å²) in [5.74, 6) is -1.97. The third-order valence-corrected chi connectivity index (χ3v) is 1.71. The number of rotatable bonds is 1. The fourth-order valence-electron chi connectivity index (χ4n) is 0.936. The molecule has 0 N–H and O–H groups in total. The summed E-state index contributed by atoms with van der Waals surface area (Å²) in [4.78, 5) is 0. The van der Waals surface area contributed by atoms with Crippen molar-refractivity contribution in [3.05, 3.63) is 5.82 Å². The molecule has 0 aromatic carbocycles. The normalized spacial score (nSPS) is 14.2. The van der Waals surface area contributed by atoms with Crippen LogP contribution in [0.2, 0.25) is 0 Å². The highest BCUT2D eigenvalue weighted by Gasteiger charge is 2.76. The molecule has 1 aromatic heterocycles. The summed E-state index contributed by atoms with van der Waals surface area (Å²) >= 11 is 0. The van der Waals surface area contributed by atoms with Crippen LogP contribution < -0.4 is 0 Å². The Bertz CT molecular complexity index is 363. The third kappa shape index (κ3) is 1.59. The average molecular weight is 252 g/mol. The first-order valence-electron chi connectivity index (χ1n) is 3.57. The quantitative estimate of drug-likeness (QED) is 0.711. The number of halogens is 7. The van der Waals surface area contributed by atoms with E-state index in [-0.39, 0.29) is 4.68 Å². The van der Waals surface area contributed by atoms with E-state index >= 15 is 0 Å². The number of hydrogen-bond donors (Lipinski definition) is 0. The fourth-order valence-corrected chi connectivity index (χ4v) is 0.936. The Morgan fingerprint density at radius 3 is 1.62 bits per heavy atom. The summed E-state index contributed by atoms with van der Waals surface area (Å²) in [6, 6.07) is 0. The van der Waals surface area contributed by atoms with E-state index in [1.54, 1.807) is 0 Å². The molecule has 0 saturated carbocycles. The highest BCUT2D eigenvalue weighted by atomic mass is 19.4. The highest BCUT2D eigenvalue weighted by Crippen LogP contribution is 2.52. The highest BCUT2D eigenvalue weighted by molar-refractivity contribution is 5.09. The topological polar surface area (TPSA) is 43.6 Å². The Hall–Kier alpha value is -1.42. The van der Waals surface area contributed by atoms with Crippen LogP contribution in [0.3, 0.4) is 0 Å².